The minimum atomic E-state index is -0.342. The van der Waals surface area contributed by atoms with Crippen molar-refractivity contribution in [1.82, 2.24) is 19.9 Å². The van der Waals surface area contributed by atoms with Crippen LogP contribution in [0.4, 0.5) is 9.52 Å². The van der Waals surface area contributed by atoms with E-state index in [1.54, 1.807) is 19.2 Å². The Bertz CT molecular complexity index is 1110. The van der Waals surface area contributed by atoms with Crippen LogP contribution in [-0.4, -0.2) is 33.0 Å². The molecule has 1 aromatic carbocycles. The van der Waals surface area contributed by atoms with Crippen molar-refractivity contribution in [3.8, 4) is 0 Å². The predicted molar refractivity (Wildman–Crippen MR) is 111 cm³/mol. The lowest BCUT2D eigenvalue weighted by Gasteiger charge is -2.23. The summed E-state index contributed by atoms with van der Waals surface area (Å²) in [6, 6.07) is 5.72. The first-order valence-electron chi connectivity index (χ1n) is 9.63. The number of hydrogen-bond donors (Lipinski definition) is 1. The number of hydrogen-bond acceptors (Lipinski definition) is 6. The van der Waals surface area contributed by atoms with Crippen molar-refractivity contribution in [3.05, 3.63) is 51.8 Å². The van der Waals surface area contributed by atoms with Crippen molar-refractivity contribution in [3.63, 3.8) is 0 Å². The Morgan fingerprint density at radius 2 is 2.07 bits per heavy atom. The second-order valence-electron chi connectivity index (χ2n) is 7.09. The van der Waals surface area contributed by atoms with Gasteiger partial charge in [-0.05, 0) is 30.5 Å². The maximum absolute atomic E-state index is 13.0. The minimum Gasteiger partial charge on any atom is -0.350 e. The van der Waals surface area contributed by atoms with E-state index < -0.39 is 0 Å². The Labute approximate surface area is 171 Å². The van der Waals surface area contributed by atoms with Gasteiger partial charge in [-0.1, -0.05) is 30.4 Å². The molecule has 1 fully saturated rings. The number of carbonyl (C=O) groups excluding carboxylic acids is 1. The molecule has 0 radical (unpaired) electrons. The largest absolute Gasteiger partial charge is 0.350 e. The lowest BCUT2D eigenvalue weighted by molar-refractivity contribution is -0.122. The predicted octanol–water partition coefficient (Wildman–Crippen LogP) is 2.38. The van der Waals surface area contributed by atoms with E-state index in [0.717, 1.165) is 18.4 Å². The first-order valence-corrected chi connectivity index (χ1v) is 10.4. The Morgan fingerprint density at radius 1 is 1.31 bits per heavy atom. The van der Waals surface area contributed by atoms with Crippen molar-refractivity contribution in [2.75, 3.05) is 11.4 Å². The van der Waals surface area contributed by atoms with Crippen LogP contribution in [0.15, 0.2) is 29.1 Å². The molecule has 1 saturated heterocycles. The number of halogens is 1. The van der Waals surface area contributed by atoms with Gasteiger partial charge in [0, 0.05) is 26.6 Å². The zero-order valence-electron chi connectivity index (χ0n) is 16.3. The third-order valence-corrected chi connectivity index (χ3v) is 6.21. The highest BCUT2D eigenvalue weighted by atomic mass is 32.1. The molecule has 7 nitrogen and oxygen atoms in total. The summed E-state index contributed by atoms with van der Waals surface area (Å²) in [5, 5.41) is 3.58. The smallest absolute Gasteiger partial charge is 0.280 e. The van der Waals surface area contributed by atoms with Crippen molar-refractivity contribution >= 4 is 32.7 Å². The number of thiazole rings is 1. The van der Waals surface area contributed by atoms with E-state index in [0.29, 0.717) is 40.8 Å². The van der Waals surface area contributed by atoms with Crippen LogP contribution in [0.2, 0.25) is 0 Å². The number of rotatable bonds is 5. The van der Waals surface area contributed by atoms with Crippen molar-refractivity contribution in [1.29, 1.82) is 0 Å². The Hall–Kier alpha value is -2.81. The molecule has 1 aliphatic heterocycles. The number of aromatic nitrogens is 3. The third-order valence-electron chi connectivity index (χ3n) is 5.22. The van der Waals surface area contributed by atoms with Crippen molar-refractivity contribution in [2.45, 2.75) is 38.8 Å². The van der Waals surface area contributed by atoms with E-state index in [4.69, 9.17) is 0 Å². The molecule has 4 rings (SSSR count). The summed E-state index contributed by atoms with van der Waals surface area (Å²) < 4.78 is 14.6. The topological polar surface area (TPSA) is 80.1 Å². The van der Waals surface area contributed by atoms with E-state index in [1.807, 2.05) is 11.8 Å². The molecule has 3 heterocycles. The molecule has 1 aliphatic rings. The van der Waals surface area contributed by atoms with Crippen LogP contribution >= 0.6 is 11.3 Å². The molecule has 1 amide bonds. The highest BCUT2D eigenvalue weighted by molar-refractivity contribution is 7.21. The molecule has 1 N–H and O–H groups in total. The zero-order chi connectivity index (χ0) is 20.5. The number of anilines is 1. The summed E-state index contributed by atoms with van der Waals surface area (Å²) in [4.78, 5) is 37.0. The first kappa shape index (κ1) is 19.5. The maximum Gasteiger partial charge on any atom is 0.280 e. The van der Waals surface area contributed by atoms with E-state index in [-0.39, 0.29) is 23.3 Å². The highest BCUT2D eigenvalue weighted by Crippen LogP contribution is 2.31. The van der Waals surface area contributed by atoms with Gasteiger partial charge in [-0.3, -0.25) is 14.2 Å². The fourth-order valence-corrected chi connectivity index (χ4v) is 4.63. The summed E-state index contributed by atoms with van der Waals surface area (Å²) in [5.41, 5.74) is 1.03. The fourth-order valence-electron chi connectivity index (χ4n) is 3.60. The number of nitrogens with one attached hydrogen (secondary N) is 1. The summed E-state index contributed by atoms with van der Waals surface area (Å²) in [7, 11) is 1.70. The molecule has 3 aromatic rings. The molecule has 29 heavy (non-hydrogen) atoms. The van der Waals surface area contributed by atoms with Gasteiger partial charge in [-0.15, -0.1) is 0 Å². The van der Waals surface area contributed by atoms with Crippen molar-refractivity contribution < 1.29 is 9.18 Å². The van der Waals surface area contributed by atoms with Gasteiger partial charge in [-0.2, -0.15) is 0 Å². The third kappa shape index (κ3) is 3.74. The van der Waals surface area contributed by atoms with Crippen LogP contribution in [0.5, 0.6) is 0 Å². The quantitative estimate of drug-likeness (QED) is 0.692. The fraction of sp³-hybridized carbons (Fsp3) is 0.400. The molecule has 0 spiro atoms. The van der Waals surface area contributed by atoms with E-state index >= 15 is 0 Å². The number of nitrogens with zero attached hydrogens (tertiary/aromatic N) is 4. The SMILES string of the molecule is CCc1nc2sc(N3CCC[C@@H]3C(=O)NCc3ccc(F)cc3)nc2c(=O)n1C. The second-order valence-corrected chi connectivity index (χ2v) is 8.05. The van der Waals surface area contributed by atoms with Crippen LogP contribution in [0, 0.1) is 5.82 Å². The van der Waals surface area contributed by atoms with Gasteiger partial charge in [0.2, 0.25) is 5.91 Å². The van der Waals surface area contributed by atoms with Gasteiger partial charge >= 0.3 is 0 Å². The average molecular weight is 415 g/mol. The lowest BCUT2D eigenvalue weighted by Crippen LogP contribution is -2.43. The zero-order valence-corrected chi connectivity index (χ0v) is 17.1. The maximum atomic E-state index is 13.0. The standard InChI is InChI=1S/C20H22FN5O2S/c1-3-15-23-18-16(19(28)25(15)2)24-20(29-18)26-10-4-5-14(26)17(27)22-11-12-6-8-13(21)9-7-12/h6-9,14H,3-5,10-11H2,1-2H3,(H,22,27)/t14-/m1/s1. The average Bonchev–Trinajstić information content (AvgIpc) is 3.37. The Morgan fingerprint density at radius 3 is 2.79 bits per heavy atom. The lowest BCUT2D eigenvalue weighted by atomic mass is 10.2. The van der Waals surface area contributed by atoms with E-state index in [2.05, 4.69) is 15.3 Å². The molecule has 0 unspecified atom stereocenters. The number of aryl methyl sites for hydroxylation is 1. The summed E-state index contributed by atoms with van der Waals surface area (Å²) in [6.45, 7) is 3.00. The first-order chi connectivity index (χ1) is 14.0. The minimum absolute atomic E-state index is 0.0961. The Kier molecular flexibility index (Phi) is 5.31. The van der Waals surface area contributed by atoms with E-state index in [9.17, 15) is 14.0 Å². The molecule has 152 valence electrons. The van der Waals surface area contributed by atoms with Gasteiger partial charge in [-0.25, -0.2) is 14.4 Å². The van der Waals surface area contributed by atoms with Crippen LogP contribution in [-0.2, 0) is 24.8 Å². The molecular formula is C20H22FN5O2S. The molecule has 1 atom stereocenters. The highest BCUT2D eigenvalue weighted by Gasteiger charge is 2.33. The molecular weight excluding hydrogens is 393 g/mol. The van der Waals surface area contributed by atoms with Crippen LogP contribution < -0.4 is 15.8 Å². The van der Waals surface area contributed by atoms with Gasteiger partial charge in [0.1, 0.15) is 17.7 Å². The number of benzene rings is 1. The van der Waals surface area contributed by atoms with Gasteiger partial charge in [0.15, 0.2) is 15.5 Å². The van der Waals surface area contributed by atoms with Gasteiger partial charge < -0.3 is 10.2 Å². The summed E-state index contributed by atoms with van der Waals surface area (Å²) in [5.74, 6) is 0.317. The second kappa shape index (κ2) is 7.90. The van der Waals surface area contributed by atoms with Crippen LogP contribution in [0.3, 0.4) is 0 Å². The number of amides is 1. The number of fused-ring (bicyclic) bond motifs is 1. The molecule has 2 aromatic heterocycles. The molecule has 0 bridgehead atoms. The van der Waals surface area contributed by atoms with Crippen molar-refractivity contribution in [2.24, 2.45) is 7.05 Å². The van der Waals surface area contributed by atoms with Crippen LogP contribution in [0.1, 0.15) is 31.2 Å². The van der Waals surface area contributed by atoms with Crippen LogP contribution in [0.25, 0.3) is 10.3 Å². The molecule has 0 saturated carbocycles. The monoisotopic (exact) mass is 415 g/mol. The number of carbonyl (C=O) groups is 1. The van der Waals surface area contributed by atoms with E-state index in [1.165, 1.54) is 28.0 Å². The molecule has 0 aliphatic carbocycles. The summed E-state index contributed by atoms with van der Waals surface area (Å²) in [6.07, 6.45) is 2.25. The van der Waals surface area contributed by atoms with Gasteiger partial charge in [0.25, 0.3) is 5.56 Å². The Balaban J connectivity index is 1.54. The normalized spacial score (nSPS) is 16.5. The molecule has 9 heteroatoms. The van der Waals surface area contributed by atoms with Gasteiger partial charge in [0.05, 0.1) is 0 Å². The summed E-state index contributed by atoms with van der Waals surface area (Å²) >= 11 is 1.35.